The van der Waals surface area contributed by atoms with E-state index in [9.17, 15) is 0 Å². The highest BCUT2D eigenvalue weighted by atomic mass is 14.3. The molecule has 0 aromatic carbocycles. The summed E-state index contributed by atoms with van der Waals surface area (Å²) in [4.78, 5) is 0. The lowest BCUT2D eigenvalue weighted by molar-refractivity contribution is 0.225. The van der Waals surface area contributed by atoms with Gasteiger partial charge in [-0.25, -0.2) is 0 Å². The van der Waals surface area contributed by atoms with E-state index < -0.39 is 0 Å². The number of hydrogen-bond donors (Lipinski definition) is 0. The maximum absolute atomic E-state index is 7.48. The zero-order valence-electron chi connectivity index (χ0n) is 5.30. The van der Waals surface area contributed by atoms with E-state index >= 15 is 0 Å². The van der Waals surface area contributed by atoms with Gasteiger partial charge in [0.1, 0.15) is 0 Å². The van der Waals surface area contributed by atoms with E-state index in [1.807, 2.05) is 0 Å². The molecule has 3 unspecified atom stereocenters. The molecule has 0 amide bonds. The van der Waals surface area contributed by atoms with Gasteiger partial charge < -0.3 is 0 Å². The minimum atomic E-state index is 0.264. The van der Waals surface area contributed by atoms with Crippen LogP contribution in [0.4, 0.5) is 0 Å². The summed E-state index contributed by atoms with van der Waals surface area (Å²) in [6.07, 6.45) is 7.16. The van der Waals surface area contributed by atoms with Gasteiger partial charge in [0.2, 0.25) is 0 Å². The lowest BCUT2D eigenvalue weighted by Crippen LogP contribution is -2.24. The molecule has 0 aromatic rings. The predicted octanol–water partition coefficient (Wildman–Crippen LogP) is 1.97. The molecule has 2 bridgehead atoms. The first kappa shape index (κ1) is 2.91. The monoisotopic (exact) mass is 95.1 g/mol. The third kappa shape index (κ3) is 0.425. The van der Waals surface area contributed by atoms with Gasteiger partial charge in [-0.05, 0) is 31.1 Å². The highest BCUT2D eigenvalue weighted by Gasteiger charge is 2.28. The van der Waals surface area contributed by atoms with Crippen LogP contribution >= 0.6 is 0 Å². The number of rotatable bonds is 0. The van der Waals surface area contributed by atoms with E-state index in [0.717, 1.165) is 5.92 Å². The third-order valence-electron chi connectivity index (χ3n) is 1.92. The Bertz CT molecular complexity index is 128. The first-order valence-electron chi connectivity index (χ1n) is 3.54. The highest BCUT2D eigenvalue weighted by Crippen LogP contribution is 2.40. The van der Waals surface area contributed by atoms with Gasteiger partial charge in [-0.1, -0.05) is 12.2 Å². The van der Waals surface area contributed by atoms with E-state index in [1.165, 1.54) is 12.8 Å². The van der Waals surface area contributed by atoms with Crippen molar-refractivity contribution in [3.05, 3.63) is 12.2 Å². The zero-order chi connectivity index (χ0) is 5.56. The van der Waals surface area contributed by atoms with E-state index in [4.69, 9.17) is 1.37 Å². The van der Waals surface area contributed by atoms with Gasteiger partial charge in [0.05, 0.1) is 0 Å². The maximum atomic E-state index is 7.48. The van der Waals surface area contributed by atoms with Crippen LogP contribution in [0.2, 0.25) is 0 Å². The lowest BCUT2D eigenvalue weighted by Gasteiger charge is -2.36. The quantitative estimate of drug-likeness (QED) is 0.403. The summed E-state index contributed by atoms with van der Waals surface area (Å²) in [6.45, 7) is 0. The van der Waals surface area contributed by atoms with Crippen molar-refractivity contribution in [3.8, 4) is 0 Å². The van der Waals surface area contributed by atoms with Gasteiger partial charge in [0.25, 0.3) is 0 Å². The van der Waals surface area contributed by atoms with Crippen molar-refractivity contribution in [1.82, 2.24) is 0 Å². The van der Waals surface area contributed by atoms with Gasteiger partial charge in [0.15, 0.2) is 0 Å². The fourth-order valence-corrected chi connectivity index (χ4v) is 1.41. The molecule has 7 heavy (non-hydrogen) atoms. The fraction of sp³-hybridized carbons (Fsp3) is 0.714. The summed E-state index contributed by atoms with van der Waals surface area (Å²) in [6, 6.07) is 0. The fourth-order valence-electron chi connectivity index (χ4n) is 1.41. The van der Waals surface area contributed by atoms with Crippen LogP contribution in [0.1, 0.15) is 20.6 Å². The second-order valence-corrected chi connectivity index (χ2v) is 2.52. The first-order valence-corrected chi connectivity index (χ1v) is 2.97. The molecule has 0 saturated heterocycles. The predicted molar refractivity (Wildman–Crippen MR) is 30.0 cm³/mol. The molecule has 1 saturated carbocycles. The first-order chi connectivity index (χ1) is 3.88. The lowest BCUT2D eigenvalue weighted by atomic mass is 9.69. The van der Waals surface area contributed by atoms with E-state index in [2.05, 4.69) is 12.2 Å². The van der Waals surface area contributed by atoms with Crippen LogP contribution in [0, 0.1) is 11.8 Å². The van der Waals surface area contributed by atoms with Crippen LogP contribution in [0.3, 0.4) is 0 Å². The molecule has 0 aliphatic heterocycles. The standard InChI is InChI=1S/C7H10/c1-2-6-4-7(3-1)5-6/h1-2,6-7H,3-5H2/i4D. The smallest absolute Gasteiger partial charge is 0.0275 e. The maximum Gasteiger partial charge on any atom is 0.0275 e. The minimum Gasteiger partial charge on any atom is -0.0880 e. The van der Waals surface area contributed by atoms with Gasteiger partial charge in [-0.15, -0.1) is 0 Å². The average molecular weight is 95.2 g/mol. The van der Waals surface area contributed by atoms with Crippen LogP contribution in [0.15, 0.2) is 12.2 Å². The molecular weight excluding hydrogens is 84.1 g/mol. The summed E-state index contributed by atoms with van der Waals surface area (Å²) in [5.74, 6) is 1.36. The Morgan fingerprint density at radius 3 is 3.00 bits per heavy atom. The molecule has 0 N–H and O–H groups in total. The van der Waals surface area contributed by atoms with Crippen molar-refractivity contribution < 1.29 is 1.37 Å². The molecule has 38 valence electrons. The molecule has 0 radical (unpaired) electrons. The van der Waals surface area contributed by atoms with Crippen molar-refractivity contribution in [2.75, 3.05) is 0 Å². The van der Waals surface area contributed by atoms with E-state index in [-0.39, 0.29) is 6.40 Å². The van der Waals surface area contributed by atoms with Crippen molar-refractivity contribution in [2.45, 2.75) is 19.2 Å². The molecule has 3 aliphatic carbocycles. The Hall–Kier alpha value is -0.260. The molecule has 0 heterocycles. The Morgan fingerprint density at radius 2 is 2.71 bits per heavy atom. The Kier molecular flexibility index (Phi) is 0.464. The Labute approximate surface area is 45.6 Å². The summed E-state index contributed by atoms with van der Waals surface area (Å²) in [5, 5.41) is 0. The summed E-state index contributed by atoms with van der Waals surface area (Å²) in [5.41, 5.74) is 0. The average Bonchev–Trinajstić information content (AvgIpc) is 1.89. The van der Waals surface area contributed by atoms with E-state index in [0.29, 0.717) is 5.92 Å². The molecule has 1 fully saturated rings. The minimum absolute atomic E-state index is 0.264. The molecule has 3 aliphatic rings. The van der Waals surface area contributed by atoms with Crippen LogP contribution in [0.5, 0.6) is 0 Å². The number of fused-ring (bicyclic) bond motifs is 1. The number of allylic oxidation sites excluding steroid dienone is 2. The van der Waals surface area contributed by atoms with Crippen LogP contribution < -0.4 is 0 Å². The van der Waals surface area contributed by atoms with Gasteiger partial charge in [-0.3, -0.25) is 0 Å². The topological polar surface area (TPSA) is 0 Å². The van der Waals surface area contributed by atoms with Crippen molar-refractivity contribution >= 4 is 0 Å². The van der Waals surface area contributed by atoms with Crippen LogP contribution in [-0.4, -0.2) is 0 Å². The molecule has 3 rings (SSSR count). The molecule has 3 atom stereocenters. The number of hydrogen-bond acceptors (Lipinski definition) is 0. The molecule has 0 heteroatoms. The van der Waals surface area contributed by atoms with Crippen molar-refractivity contribution in [1.29, 1.82) is 0 Å². The van der Waals surface area contributed by atoms with Crippen molar-refractivity contribution in [2.24, 2.45) is 11.8 Å². The summed E-state index contributed by atoms with van der Waals surface area (Å²) >= 11 is 0. The van der Waals surface area contributed by atoms with E-state index in [1.54, 1.807) is 0 Å². The summed E-state index contributed by atoms with van der Waals surface area (Å²) < 4.78 is 7.48. The second-order valence-electron chi connectivity index (χ2n) is 2.52. The zero-order valence-corrected chi connectivity index (χ0v) is 4.30. The summed E-state index contributed by atoms with van der Waals surface area (Å²) in [7, 11) is 0. The Balaban J connectivity index is 2.18. The molecular formula is C7H10. The third-order valence-corrected chi connectivity index (χ3v) is 1.92. The highest BCUT2D eigenvalue weighted by molar-refractivity contribution is 5.03. The van der Waals surface area contributed by atoms with Crippen LogP contribution in [0.25, 0.3) is 0 Å². The van der Waals surface area contributed by atoms with Crippen LogP contribution in [-0.2, 0) is 0 Å². The SMILES string of the molecule is [2H]C1C2C=CCC1C2. The molecule has 0 spiro atoms. The largest absolute Gasteiger partial charge is 0.0880 e. The van der Waals surface area contributed by atoms with Gasteiger partial charge in [-0.2, -0.15) is 0 Å². The normalized spacial score (nSPS) is 58.3. The second kappa shape index (κ2) is 1.12. The van der Waals surface area contributed by atoms with Gasteiger partial charge >= 0.3 is 0 Å². The Morgan fingerprint density at radius 1 is 1.71 bits per heavy atom. The van der Waals surface area contributed by atoms with Crippen molar-refractivity contribution in [3.63, 3.8) is 0 Å². The van der Waals surface area contributed by atoms with Gasteiger partial charge in [0, 0.05) is 1.37 Å². The molecule has 0 nitrogen and oxygen atoms in total. The molecule has 0 aromatic heterocycles.